The minimum Gasteiger partial charge on any atom is -0.480 e. The fourth-order valence-corrected chi connectivity index (χ4v) is 6.18. The first kappa shape index (κ1) is 50.0. The van der Waals surface area contributed by atoms with Crippen molar-refractivity contribution in [2.75, 3.05) is 19.8 Å². The van der Waals surface area contributed by atoms with E-state index in [1.54, 1.807) is 0 Å². The molecule has 0 heterocycles. The van der Waals surface area contributed by atoms with Gasteiger partial charge in [-0.1, -0.05) is 128 Å². The summed E-state index contributed by atoms with van der Waals surface area (Å²) in [5.41, 5.74) is 5.32. The number of hydrogen-bond donors (Lipinski definition) is 3. The van der Waals surface area contributed by atoms with Gasteiger partial charge in [0.25, 0.3) is 0 Å². The van der Waals surface area contributed by atoms with Crippen molar-refractivity contribution in [3.63, 3.8) is 0 Å². The maximum Gasteiger partial charge on any atom is 0.472 e. The zero-order valence-electron chi connectivity index (χ0n) is 32.7. The maximum atomic E-state index is 12.6. The van der Waals surface area contributed by atoms with Crippen LogP contribution in [0.15, 0.2) is 24.3 Å². The smallest absolute Gasteiger partial charge is 0.472 e. The van der Waals surface area contributed by atoms with Crippen LogP contribution in [-0.4, -0.2) is 59.9 Å². The van der Waals surface area contributed by atoms with Gasteiger partial charge < -0.3 is 25.2 Å². The van der Waals surface area contributed by atoms with E-state index in [-0.39, 0.29) is 19.4 Å². The van der Waals surface area contributed by atoms with E-state index in [2.05, 4.69) is 42.7 Å². The number of carbonyl (C=O) groups excluding carboxylic acids is 2. The molecule has 0 aliphatic rings. The molecule has 4 N–H and O–H groups in total. The average molecular weight is 760 g/mol. The number of carbonyl (C=O) groups is 3. The summed E-state index contributed by atoms with van der Waals surface area (Å²) >= 11 is 0. The van der Waals surface area contributed by atoms with E-state index in [4.69, 9.17) is 24.8 Å². The highest BCUT2D eigenvalue weighted by atomic mass is 31.2. The number of phosphoric acid groups is 1. The van der Waals surface area contributed by atoms with E-state index in [1.807, 2.05) is 0 Å². The topological polar surface area (TPSA) is 172 Å². The Morgan fingerprint density at radius 3 is 1.44 bits per heavy atom. The SMILES string of the molecule is CCCCCCCC/C=C/CCCCCC(=O)O[C@H](COC(=O)CCCC/C=C/CCCCCCCCCCC)COP(=O)(O)OC[C@H](N)C(=O)O. The van der Waals surface area contributed by atoms with E-state index in [0.717, 1.165) is 44.9 Å². The van der Waals surface area contributed by atoms with E-state index in [1.165, 1.54) is 96.3 Å². The molecule has 0 aliphatic heterocycles. The third-order valence-corrected chi connectivity index (χ3v) is 9.62. The largest absolute Gasteiger partial charge is 0.480 e. The van der Waals surface area contributed by atoms with Crippen LogP contribution in [0.5, 0.6) is 0 Å². The number of aliphatic carboxylic acids is 1. The van der Waals surface area contributed by atoms with Gasteiger partial charge in [-0.3, -0.25) is 23.4 Å². The molecule has 0 radical (unpaired) electrons. The molecule has 0 aromatic rings. The molecule has 0 spiro atoms. The number of unbranched alkanes of at least 4 members (excludes halogenated alkanes) is 20. The molecule has 0 fully saturated rings. The van der Waals surface area contributed by atoms with E-state index >= 15 is 0 Å². The number of carboxylic acids is 1. The lowest BCUT2D eigenvalue weighted by Gasteiger charge is -2.20. The molecule has 0 aliphatic carbocycles. The second-order valence-corrected chi connectivity index (χ2v) is 15.2. The van der Waals surface area contributed by atoms with Crippen LogP contribution in [0.2, 0.25) is 0 Å². The fourth-order valence-electron chi connectivity index (χ4n) is 5.41. The summed E-state index contributed by atoms with van der Waals surface area (Å²) in [5.74, 6) is -2.42. The van der Waals surface area contributed by atoms with Gasteiger partial charge >= 0.3 is 25.7 Å². The molecule has 0 saturated heterocycles. The Kier molecular flexibility index (Phi) is 34.6. The van der Waals surface area contributed by atoms with Crippen molar-refractivity contribution in [2.24, 2.45) is 5.73 Å². The third kappa shape index (κ3) is 35.0. The summed E-state index contributed by atoms with van der Waals surface area (Å²) in [6.07, 6.45) is 35.4. The number of nitrogens with two attached hydrogens (primary N) is 1. The van der Waals surface area contributed by atoms with Crippen molar-refractivity contribution in [3.8, 4) is 0 Å². The summed E-state index contributed by atoms with van der Waals surface area (Å²) in [5, 5.41) is 8.86. The molecule has 0 rings (SSSR count). The van der Waals surface area contributed by atoms with Crippen LogP contribution in [0.1, 0.15) is 181 Å². The summed E-state index contributed by atoms with van der Waals surface area (Å²) in [6, 6.07) is -1.52. The molecule has 0 aromatic carbocycles. The Labute approximate surface area is 315 Å². The summed E-state index contributed by atoms with van der Waals surface area (Å²) < 4.78 is 32.6. The van der Waals surface area contributed by atoms with Gasteiger partial charge in [0.05, 0.1) is 13.2 Å². The van der Waals surface area contributed by atoms with Crippen molar-refractivity contribution in [1.82, 2.24) is 0 Å². The maximum absolute atomic E-state index is 12.6. The fraction of sp³-hybridized carbons (Fsp3) is 0.825. The normalized spacial score (nSPS) is 14.1. The highest BCUT2D eigenvalue weighted by molar-refractivity contribution is 7.47. The first-order valence-corrected chi connectivity index (χ1v) is 21.9. The van der Waals surface area contributed by atoms with Crippen molar-refractivity contribution in [2.45, 2.75) is 193 Å². The minimum absolute atomic E-state index is 0.138. The lowest BCUT2D eigenvalue weighted by Crippen LogP contribution is -2.34. The molecule has 12 heteroatoms. The predicted octanol–water partition coefficient (Wildman–Crippen LogP) is 10.3. The lowest BCUT2D eigenvalue weighted by molar-refractivity contribution is -0.161. The standard InChI is InChI=1S/C40H74NO10P/c1-3-5-7-9-11-13-15-17-18-20-21-23-25-27-29-31-38(42)48-33-36(34-49-52(46,47)50-35-37(41)40(44)45)51-39(43)32-30-28-26-24-22-19-16-14-12-10-8-6-4-2/h19,21-23,36-37H,3-18,20,24-35,41H2,1-2H3,(H,44,45)(H,46,47)/b22-19+,23-21+/t36-,37+/m1/s1. The summed E-state index contributed by atoms with van der Waals surface area (Å²) in [6.45, 7) is 2.75. The second-order valence-electron chi connectivity index (χ2n) is 13.8. The van der Waals surface area contributed by atoms with Gasteiger partial charge in [-0.15, -0.1) is 0 Å². The van der Waals surface area contributed by atoms with Crippen molar-refractivity contribution in [1.29, 1.82) is 0 Å². The Hall–Kier alpha value is -2.04. The van der Waals surface area contributed by atoms with Gasteiger partial charge in [0.2, 0.25) is 0 Å². The van der Waals surface area contributed by atoms with Crippen molar-refractivity contribution in [3.05, 3.63) is 24.3 Å². The Morgan fingerprint density at radius 2 is 0.962 bits per heavy atom. The monoisotopic (exact) mass is 760 g/mol. The molecule has 3 atom stereocenters. The number of esters is 2. The number of hydrogen-bond acceptors (Lipinski definition) is 9. The van der Waals surface area contributed by atoms with Gasteiger partial charge in [0.15, 0.2) is 6.10 Å². The lowest BCUT2D eigenvalue weighted by atomic mass is 10.1. The van der Waals surface area contributed by atoms with Gasteiger partial charge in [0.1, 0.15) is 12.6 Å². The molecular formula is C40H74NO10P. The van der Waals surface area contributed by atoms with Crippen molar-refractivity contribution < 1.29 is 47.5 Å². The van der Waals surface area contributed by atoms with Gasteiger partial charge in [0, 0.05) is 12.8 Å². The zero-order chi connectivity index (χ0) is 38.5. The first-order chi connectivity index (χ1) is 25.1. The van der Waals surface area contributed by atoms with E-state index in [9.17, 15) is 23.8 Å². The quantitative estimate of drug-likeness (QED) is 0.0237. The average Bonchev–Trinajstić information content (AvgIpc) is 3.12. The van der Waals surface area contributed by atoms with Gasteiger partial charge in [-0.2, -0.15) is 0 Å². The predicted molar refractivity (Wildman–Crippen MR) is 208 cm³/mol. The summed E-state index contributed by atoms with van der Waals surface area (Å²) in [7, 11) is -4.72. The highest BCUT2D eigenvalue weighted by Crippen LogP contribution is 2.43. The molecule has 1 unspecified atom stereocenters. The first-order valence-electron chi connectivity index (χ1n) is 20.4. The number of allylic oxidation sites excluding steroid dienone is 4. The van der Waals surface area contributed by atoms with Gasteiger partial charge in [-0.25, -0.2) is 4.57 Å². The second kappa shape index (κ2) is 36.0. The molecule has 0 saturated carbocycles. The number of rotatable bonds is 38. The number of ether oxygens (including phenoxy) is 2. The molecule has 304 valence electrons. The third-order valence-electron chi connectivity index (χ3n) is 8.67. The summed E-state index contributed by atoms with van der Waals surface area (Å²) in [4.78, 5) is 45.8. The molecule has 0 aromatic heterocycles. The minimum atomic E-state index is -4.72. The Morgan fingerprint density at radius 1 is 0.577 bits per heavy atom. The van der Waals surface area contributed by atoms with Crippen LogP contribution in [0.25, 0.3) is 0 Å². The molecule has 0 bridgehead atoms. The number of phosphoric ester groups is 1. The zero-order valence-corrected chi connectivity index (χ0v) is 33.5. The van der Waals surface area contributed by atoms with Crippen LogP contribution < -0.4 is 5.73 Å². The Bertz CT molecular complexity index is 989. The van der Waals surface area contributed by atoms with Gasteiger partial charge in [-0.05, 0) is 64.2 Å². The van der Waals surface area contributed by atoms with Crippen LogP contribution in [-0.2, 0) is 37.5 Å². The van der Waals surface area contributed by atoms with Crippen molar-refractivity contribution >= 4 is 25.7 Å². The molecule has 52 heavy (non-hydrogen) atoms. The Balaban J connectivity index is 4.45. The van der Waals surface area contributed by atoms with E-state index in [0.29, 0.717) is 12.8 Å². The molecule has 0 amide bonds. The number of carboxylic acid groups (broad SMARTS) is 1. The van der Waals surface area contributed by atoms with Crippen LogP contribution in [0.4, 0.5) is 0 Å². The van der Waals surface area contributed by atoms with Crippen LogP contribution in [0.3, 0.4) is 0 Å². The van der Waals surface area contributed by atoms with Crippen LogP contribution >= 0.6 is 7.82 Å². The molecular weight excluding hydrogens is 685 g/mol. The highest BCUT2D eigenvalue weighted by Gasteiger charge is 2.28. The van der Waals surface area contributed by atoms with Crippen LogP contribution in [0, 0.1) is 0 Å². The van der Waals surface area contributed by atoms with E-state index < -0.39 is 51.1 Å². The molecule has 11 nitrogen and oxygen atoms in total.